The number of likely N-dealkylation sites (N-methyl/N-ethyl adjacent to an activating group) is 1. The van der Waals surface area contributed by atoms with Crippen LogP contribution in [0.2, 0.25) is 0 Å². The summed E-state index contributed by atoms with van der Waals surface area (Å²) < 4.78 is 0. The molecule has 2 rings (SSSR count). The van der Waals surface area contributed by atoms with E-state index in [4.69, 9.17) is 0 Å². The van der Waals surface area contributed by atoms with E-state index in [1.54, 1.807) is 4.88 Å². The average molecular weight is 195 g/mol. The van der Waals surface area contributed by atoms with Crippen molar-refractivity contribution in [1.82, 2.24) is 5.32 Å². The van der Waals surface area contributed by atoms with Crippen molar-refractivity contribution in [2.75, 3.05) is 13.6 Å². The quantitative estimate of drug-likeness (QED) is 0.782. The Morgan fingerprint density at radius 1 is 1.62 bits per heavy atom. The van der Waals surface area contributed by atoms with E-state index in [-0.39, 0.29) is 0 Å². The molecule has 1 N–H and O–H groups in total. The largest absolute Gasteiger partial charge is 0.319 e. The van der Waals surface area contributed by atoms with Gasteiger partial charge >= 0.3 is 0 Å². The molecule has 1 aromatic rings. The van der Waals surface area contributed by atoms with Crippen molar-refractivity contribution in [3.63, 3.8) is 0 Å². The lowest BCUT2D eigenvalue weighted by Gasteiger charge is -2.46. The lowest BCUT2D eigenvalue weighted by atomic mass is 9.62. The van der Waals surface area contributed by atoms with Crippen LogP contribution >= 0.6 is 11.3 Å². The average Bonchev–Trinajstić information content (AvgIpc) is 2.53. The van der Waals surface area contributed by atoms with Gasteiger partial charge in [0.1, 0.15) is 0 Å². The molecular formula is C11H17NS. The van der Waals surface area contributed by atoms with E-state index >= 15 is 0 Å². The molecule has 0 atom stereocenters. The van der Waals surface area contributed by atoms with Crippen molar-refractivity contribution in [3.8, 4) is 0 Å². The Labute approximate surface area is 84.2 Å². The third kappa shape index (κ3) is 1.53. The van der Waals surface area contributed by atoms with Gasteiger partial charge in [-0.25, -0.2) is 0 Å². The maximum Gasteiger partial charge on any atom is 0.0177 e. The standard InChI is InChI=1S/C11H17NS/c1-9-6-11(7-9,8-12-2)10-4-3-5-13-10/h3-5,9,12H,6-8H2,1-2H3. The van der Waals surface area contributed by atoms with Gasteiger partial charge in [0.05, 0.1) is 0 Å². The summed E-state index contributed by atoms with van der Waals surface area (Å²) in [6.45, 7) is 3.49. The molecule has 1 fully saturated rings. The van der Waals surface area contributed by atoms with Gasteiger partial charge in [-0.3, -0.25) is 0 Å². The number of hydrogen-bond acceptors (Lipinski definition) is 2. The van der Waals surface area contributed by atoms with Crippen LogP contribution in [0.25, 0.3) is 0 Å². The summed E-state index contributed by atoms with van der Waals surface area (Å²) in [6.07, 6.45) is 2.71. The molecule has 1 saturated carbocycles. The molecule has 1 aliphatic rings. The minimum atomic E-state index is 0.475. The van der Waals surface area contributed by atoms with Crippen LogP contribution in [0.5, 0.6) is 0 Å². The molecule has 72 valence electrons. The Kier molecular flexibility index (Phi) is 2.43. The summed E-state index contributed by atoms with van der Waals surface area (Å²) in [5.74, 6) is 0.912. The van der Waals surface area contributed by atoms with E-state index < -0.39 is 0 Å². The summed E-state index contributed by atoms with van der Waals surface area (Å²) in [5.41, 5.74) is 0.475. The predicted molar refractivity (Wildman–Crippen MR) is 58.3 cm³/mol. The number of rotatable bonds is 3. The third-order valence-electron chi connectivity index (χ3n) is 3.04. The van der Waals surface area contributed by atoms with Crippen LogP contribution < -0.4 is 5.32 Å². The SMILES string of the molecule is CNCC1(c2cccs2)CC(C)C1. The molecular weight excluding hydrogens is 178 g/mol. The predicted octanol–water partition coefficient (Wildman–Crippen LogP) is 2.64. The van der Waals surface area contributed by atoms with Crippen LogP contribution in [0, 0.1) is 5.92 Å². The number of thiophene rings is 1. The third-order valence-corrected chi connectivity index (χ3v) is 4.15. The summed E-state index contributed by atoms with van der Waals surface area (Å²) in [7, 11) is 2.05. The maximum atomic E-state index is 3.33. The van der Waals surface area contributed by atoms with Crippen LogP contribution in [-0.2, 0) is 5.41 Å². The molecule has 1 aromatic heterocycles. The first-order valence-corrected chi connectivity index (χ1v) is 5.83. The normalized spacial score (nSPS) is 32.9. The molecule has 0 aromatic carbocycles. The lowest BCUT2D eigenvalue weighted by molar-refractivity contribution is 0.159. The Bertz CT molecular complexity index is 254. The van der Waals surface area contributed by atoms with E-state index in [0.29, 0.717) is 5.41 Å². The molecule has 0 amide bonds. The van der Waals surface area contributed by atoms with E-state index in [9.17, 15) is 0 Å². The molecule has 1 nitrogen and oxygen atoms in total. The molecule has 0 radical (unpaired) electrons. The van der Waals surface area contributed by atoms with Crippen molar-refractivity contribution in [2.45, 2.75) is 25.2 Å². The van der Waals surface area contributed by atoms with Gasteiger partial charge in [0, 0.05) is 16.8 Å². The first-order chi connectivity index (χ1) is 6.27. The minimum absolute atomic E-state index is 0.475. The number of nitrogens with one attached hydrogen (secondary N) is 1. The fourth-order valence-electron chi connectivity index (χ4n) is 2.63. The second-order valence-electron chi connectivity index (χ2n) is 4.30. The van der Waals surface area contributed by atoms with Crippen LogP contribution in [0.1, 0.15) is 24.6 Å². The molecule has 1 heterocycles. The van der Waals surface area contributed by atoms with Gasteiger partial charge in [0.2, 0.25) is 0 Å². The van der Waals surface area contributed by atoms with Gasteiger partial charge < -0.3 is 5.32 Å². The second kappa shape index (κ2) is 3.43. The molecule has 0 aliphatic heterocycles. The van der Waals surface area contributed by atoms with E-state index in [1.165, 1.54) is 12.8 Å². The second-order valence-corrected chi connectivity index (χ2v) is 5.25. The Balaban J connectivity index is 2.16. The van der Waals surface area contributed by atoms with Crippen LogP contribution in [-0.4, -0.2) is 13.6 Å². The van der Waals surface area contributed by atoms with E-state index in [2.05, 4.69) is 36.8 Å². The van der Waals surface area contributed by atoms with Gasteiger partial charge in [-0.15, -0.1) is 11.3 Å². The van der Waals surface area contributed by atoms with Crippen molar-refractivity contribution >= 4 is 11.3 Å². The smallest absolute Gasteiger partial charge is 0.0177 e. The van der Waals surface area contributed by atoms with E-state index in [0.717, 1.165) is 12.5 Å². The van der Waals surface area contributed by atoms with Crippen molar-refractivity contribution in [3.05, 3.63) is 22.4 Å². The summed E-state index contributed by atoms with van der Waals surface area (Å²) >= 11 is 1.91. The maximum absolute atomic E-state index is 3.33. The van der Waals surface area contributed by atoms with Gasteiger partial charge in [0.25, 0.3) is 0 Å². The summed E-state index contributed by atoms with van der Waals surface area (Å²) in [5, 5.41) is 5.52. The van der Waals surface area contributed by atoms with E-state index in [1.807, 2.05) is 11.3 Å². The first kappa shape index (κ1) is 9.22. The van der Waals surface area contributed by atoms with Crippen LogP contribution in [0.15, 0.2) is 17.5 Å². The summed E-state index contributed by atoms with van der Waals surface area (Å²) in [4.78, 5) is 1.57. The van der Waals surface area contributed by atoms with Gasteiger partial charge in [-0.1, -0.05) is 13.0 Å². The van der Waals surface area contributed by atoms with Gasteiger partial charge in [0.15, 0.2) is 0 Å². The van der Waals surface area contributed by atoms with Crippen molar-refractivity contribution in [2.24, 2.45) is 5.92 Å². The zero-order valence-electron chi connectivity index (χ0n) is 8.34. The lowest BCUT2D eigenvalue weighted by Crippen LogP contribution is -2.46. The Hall–Kier alpha value is -0.340. The minimum Gasteiger partial charge on any atom is -0.319 e. The highest BCUT2D eigenvalue weighted by atomic mass is 32.1. The molecule has 13 heavy (non-hydrogen) atoms. The molecule has 0 bridgehead atoms. The topological polar surface area (TPSA) is 12.0 Å². The highest BCUT2D eigenvalue weighted by Crippen LogP contribution is 2.48. The zero-order chi connectivity index (χ0) is 9.31. The van der Waals surface area contributed by atoms with Crippen molar-refractivity contribution in [1.29, 1.82) is 0 Å². The fourth-order valence-corrected chi connectivity index (χ4v) is 3.58. The van der Waals surface area contributed by atoms with Crippen LogP contribution in [0.3, 0.4) is 0 Å². The summed E-state index contributed by atoms with van der Waals surface area (Å²) in [6, 6.07) is 4.45. The Morgan fingerprint density at radius 3 is 2.85 bits per heavy atom. The molecule has 0 saturated heterocycles. The fraction of sp³-hybridized carbons (Fsp3) is 0.636. The monoisotopic (exact) mass is 195 g/mol. The molecule has 1 aliphatic carbocycles. The molecule has 0 spiro atoms. The highest BCUT2D eigenvalue weighted by Gasteiger charge is 2.43. The Morgan fingerprint density at radius 2 is 2.38 bits per heavy atom. The van der Waals surface area contributed by atoms with Gasteiger partial charge in [-0.2, -0.15) is 0 Å². The first-order valence-electron chi connectivity index (χ1n) is 4.95. The number of hydrogen-bond donors (Lipinski definition) is 1. The molecule has 0 unspecified atom stereocenters. The zero-order valence-corrected chi connectivity index (χ0v) is 9.16. The highest BCUT2D eigenvalue weighted by molar-refractivity contribution is 7.10. The van der Waals surface area contributed by atoms with Gasteiger partial charge in [-0.05, 0) is 37.3 Å². The van der Waals surface area contributed by atoms with Crippen molar-refractivity contribution < 1.29 is 0 Å². The molecule has 2 heteroatoms. The van der Waals surface area contributed by atoms with Crippen LogP contribution in [0.4, 0.5) is 0 Å².